The van der Waals surface area contributed by atoms with Gasteiger partial charge in [0.1, 0.15) is 0 Å². The smallest absolute Gasteiger partial charge is 0.163 e. The molecule has 0 saturated heterocycles. The SMILES string of the molecule is CC[Si]1(CC)CCCC(=O)C(c2ccccc2)=C1c1ccccc1. The Labute approximate surface area is 146 Å². The standard InChI is InChI=1S/C22H26OSi/c1-3-24(4-2)17-11-16-20(23)21(18-12-7-5-8-13-18)22(24)19-14-9-6-10-15-19/h5-10,12-15H,3-4,11,16-17H2,1-2H3. The third-order valence-electron chi connectivity index (χ3n) is 5.60. The Kier molecular flexibility index (Phi) is 5.15. The lowest BCUT2D eigenvalue weighted by molar-refractivity contribution is -0.113. The Morgan fingerprint density at radius 1 is 0.833 bits per heavy atom. The summed E-state index contributed by atoms with van der Waals surface area (Å²) in [7, 11) is -1.68. The van der Waals surface area contributed by atoms with Crippen LogP contribution in [0.3, 0.4) is 0 Å². The summed E-state index contributed by atoms with van der Waals surface area (Å²) in [5.41, 5.74) is 3.37. The van der Waals surface area contributed by atoms with Gasteiger partial charge in [-0.2, -0.15) is 0 Å². The summed E-state index contributed by atoms with van der Waals surface area (Å²) in [6.45, 7) is 4.66. The Hall–Kier alpha value is -1.93. The normalized spacial score (nSPS) is 17.7. The number of carbonyl (C=O) groups is 1. The molecule has 3 rings (SSSR count). The number of carbonyl (C=O) groups excluding carboxylic acids is 1. The van der Waals surface area contributed by atoms with Gasteiger partial charge in [-0.05, 0) is 22.7 Å². The van der Waals surface area contributed by atoms with E-state index in [1.165, 1.54) is 28.9 Å². The Bertz CT molecular complexity index is 727. The molecule has 1 aliphatic heterocycles. The van der Waals surface area contributed by atoms with E-state index in [9.17, 15) is 4.79 Å². The number of hydrogen-bond acceptors (Lipinski definition) is 1. The number of rotatable bonds is 4. The molecule has 0 unspecified atom stereocenters. The second-order valence-corrected chi connectivity index (χ2v) is 11.7. The molecule has 0 saturated carbocycles. The molecule has 1 nitrogen and oxygen atoms in total. The van der Waals surface area contributed by atoms with Crippen LogP contribution in [0.1, 0.15) is 37.8 Å². The number of Topliss-reactive ketones (excluding diaryl/α,β-unsaturated/α-hetero) is 1. The first-order valence-corrected chi connectivity index (χ1v) is 11.7. The first-order valence-electron chi connectivity index (χ1n) is 9.10. The first-order chi connectivity index (χ1) is 11.7. The van der Waals surface area contributed by atoms with Gasteiger partial charge in [0.25, 0.3) is 0 Å². The maximum Gasteiger partial charge on any atom is 0.163 e. The van der Waals surface area contributed by atoms with Crippen LogP contribution in [0, 0.1) is 0 Å². The molecule has 24 heavy (non-hydrogen) atoms. The highest BCUT2D eigenvalue weighted by molar-refractivity contribution is 6.98. The van der Waals surface area contributed by atoms with Crippen molar-refractivity contribution in [2.24, 2.45) is 0 Å². The Morgan fingerprint density at radius 2 is 1.38 bits per heavy atom. The molecule has 0 fully saturated rings. The fraction of sp³-hybridized carbons (Fsp3) is 0.318. The van der Waals surface area contributed by atoms with Crippen molar-refractivity contribution >= 4 is 24.6 Å². The van der Waals surface area contributed by atoms with E-state index in [1.807, 2.05) is 18.2 Å². The van der Waals surface area contributed by atoms with Crippen molar-refractivity contribution in [2.45, 2.75) is 44.8 Å². The molecule has 0 aromatic heterocycles. The van der Waals surface area contributed by atoms with Gasteiger partial charge in [0.2, 0.25) is 0 Å². The van der Waals surface area contributed by atoms with Gasteiger partial charge < -0.3 is 0 Å². The highest BCUT2D eigenvalue weighted by Gasteiger charge is 2.39. The summed E-state index contributed by atoms with van der Waals surface area (Å²) in [5.74, 6) is 0.330. The summed E-state index contributed by atoms with van der Waals surface area (Å²) >= 11 is 0. The van der Waals surface area contributed by atoms with Gasteiger partial charge in [0, 0.05) is 12.0 Å². The first kappa shape index (κ1) is 16.9. The van der Waals surface area contributed by atoms with Gasteiger partial charge in [-0.3, -0.25) is 4.79 Å². The van der Waals surface area contributed by atoms with E-state index in [0.29, 0.717) is 12.2 Å². The quantitative estimate of drug-likeness (QED) is 0.628. The van der Waals surface area contributed by atoms with Crippen molar-refractivity contribution in [1.29, 1.82) is 0 Å². The van der Waals surface area contributed by atoms with E-state index in [1.54, 1.807) is 0 Å². The molecular formula is C22H26OSi. The van der Waals surface area contributed by atoms with Gasteiger partial charge in [-0.1, -0.05) is 92.6 Å². The molecule has 124 valence electrons. The van der Waals surface area contributed by atoms with Gasteiger partial charge >= 0.3 is 0 Å². The van der Waals surface area contributed by atoms with Crippen LogP contribution in [0.25, 0.3) is 10.8 Å². The zero-order valence-electron chi connectivity index (χ0n) is 14.7. The van der Waals surface area contributed by atoms with Crippen molar-refractivity contribution in [2.75, 3.05) is 0 Å². The highest BCUT2D eigenvalue weighted by Crippen LogP contribution is 2.44. The summed E-state index contributed by atoms with van der Waals surface area (Å²) in [6.07, 6.45) is 1.73. The topological polar surface area (TPSA) is 17.1 Å². The summed E-state index contributed by atoms with van der Waals surface area (Å²) in [4.78, 5) is 13.1. The van der Waals surface area contributed by atoms with Crippen molar-refractivity contribution in [3.8, 4) is 0 Å². The van der Waals surface area contributed by atoms with Crippen molar-refractivity contribution in [3.63, 3.8) is 0 Å². The van der Waals surface area contributed by atoms with Crippen LogP contribution in [0.2, 0.25) is 18.1 Å². The van der Waals surface area contributed by atoms with Gasteiger partial charge in [-0.15, -0.1) is 0 Å². The van der Waals surface area contributed by atoms with E-state index in [0.717, 1.165) is 17.6 Å². The second kappa shape index (κ2) is 7.31. The molecule has 0 amide bonds. The van der Waals surface area contributed by atoms with E-state index in [-0.39, 0.29) is 0 Å². The maximum atomic E-state index is 13.1. The van der Waals surface area contributed by atoms with Gasteiger partial charge in [0.05, 0.1) is 8.07 Å². The molecule has 2 heteroatoms. The molecule has 2 aromatic carbocycles. The van der Waals surface area contributed by atoms with Gasteiger partial charge in [0.15, 0.2) is 5.78 Å². The van der Waals surface area contributed by atoms with Crippen LogP contribution in [-0.2, 0) is 4.79 Å². The Morgan fingerprint density at radius 3 is 1.92 bits per heavy atom. The predicted octanol–water partition coefficient (Wildman–Crippen LogP) is 5.99. The largest absolute Gasteiger partial charge is 0.294 e. The van der Waals surface area contributed by atoms with Crippen LogP contribution < -0.4 is 0 Å². The molecule has 0 aliphatic carbocycles. The molecule has 1 heterocycles. The number of hydrogen-bond donors (Lipinski definition) is 0. The van der Waals surface area contributed by atoms with Crippen LogP contribution in [0.5, 0.6) is 0 Å². The van der Waals surface area contributed by atoms with E-state index >= 15 is 0 Å². The zero-order chi connectivity index (χ0) is 17.0. The lowest BCUT2D eigenvalue weighted by atomic mass is 9.96. The van der Waals surface area contributed by atoms with Gasteiger partial charge in [-0.25, -0.2) is 0 Å². The zero-order valence-corrected chi connectivity index (χ0v) is 15.7. The third kappa shape index (κ3) is 3.03. The number of benzene rings is 2. The summed E-state index contributed by atoms with van der Waals surface area (Å²) in [5, 5.41) is 1.40. The molecule has 0 spiro atoms. The summed E-state index contributed by atoms with van der Waals surface area (Å²) < 4.78 is 0. The van der Waals surface area contributed by atoms with Crippen molar-refractivity contribution in [3.05, 3.63) is 71.8 Å². The molecule has 2 aromatic rings. The van der Waals surface area contributed by atoms with Crippen LogP contribution >= 0.6 is 0 Å². The lowest BCUT2D eigenvalue weighted by Crippen LogP contribution is -2.34. The summed E-state index contributed by atoms with van der Waals surface area (Å²) in [6, 6.07) is 24.6. The second-order valence-electron chi connectivity index (χ2n) is 6.75. The molecule has 0 N–H and O–H groups in total. The van der Waals surface area contributed by atoms with Crippen LogP contribution in [0.4, 0.5) is 0 Å². The molecule has 0 bridgehead atoms. The molecule has 0 atom stereocenters. The predicted molar refractivity (Wildman–Crippen MR) is 105 cm³/mol. The minimum Gasteiger partial charge on any atom is -0.294 e. The maximum absolute atomic E-state index is 13.1. The highest BCUT2D eigenvalue weighted by atomic mass is 28.3. The van der Waals surface area contributed by atoms with Crippen LogP contribution in [0.15, 0.2) is 60.7 Å². The van der Waals surface area contributed by atoms with E-state index in [4.69, 9.17) is 0 Å². The minimum absolute atomic E-state index is 0.330. The van der Waals surface area contributed by atoms with Crippen molar-refractivity contribution < 1.29 is 4.79 Å². The fourth-order valence-corrected chi connectivity index (χ4v) is 8.78. The lowest BCUT2D eigenvalue weighted by Gasteiger charge is -2.33. The van der Waals surface area contributed by atoms with E-state index < -0.39 is 8.07 Å². The Balaban J connectivity index is 2.35. The average Bonchev–Trinajstić information content (AvgIpc) is 2.79. The van der Waals surface area contributed by atoms with E-state index in [2.05, 4.69) is 56.3 Å². The molecular weight excluding hydrogens is 308 g/mol. The average molecular weight is 335 g/mol. The minimum atomic E-state index is -1.68. The number of allylic oxidation sites excluding steroid dienone is 1. The monoisotopic (exact) mass is 334 g/mol. The van der Waals surface area contributed by atoms with Crippen LogP contribution in [-0.4, -0.2) is 13.9 Å². The molecule has 1 aliphatic rings. The number of ketones is 1. The third-order valence-corrected chi connectivity index (χ3v) is 11.2. The molecule has 0 radical (unpaired) electrons. The fourth-order valence-electron chi connectivity index (χ4n) is 4.16. The van der Waals surface area contributed by atoms with Crippen molar-refractivity contribution in [1.82, 2.24) is 0 Å².